The van der Waals surface area contributed by atoms with E-state index >= 15 is 0 Å². The molecule has 0 aliphatic carbocycles. The number of imidazole rings is 1. The van der Waals surface area contributed by atoms with E-state index in [2.05, 4.69) is 25.0 Å². The molecule has 2 aromatic heterocycles. The normalized spacial score (nSPS) is 15.8. The highest BCUT2D eigenvalue weighted by Gasteiger charge is 2.38. The standard InChI is InChI=1S/C26H31N7O3S/c1-26(2,3)30-25(34)17-33(37(35,36)23-8-10-28-11-9-23)21-13-19-12-20(27-4)6-7-24(19)32(15-21)16-22-14-29-18-31(22)5/h6-12,14,18,21H,13,15-17H2,1-3,5H3,(H,30,34). The summed E-state index contributed by atoms with van der Waals surface area (Å²) in [5.74, 6) is -0.385. The first kappa shape index (κ1) is 26.3. The maximum atomic E-state index is 13.9. The third-order valence-corrected chi connectivity index (χ3v) is 8.08. The van der Waals surface area contributed by atoms with Crippen LogP contribution in [0.5, 0.6) is 0 Å². The summed E-state index contributed by atoms with van der Waals surface area (Å²) in [4.78, 5) is 26.9. The summed E-state index contributed by atoms with van der Waals surface area (Å²) in [6.07, 6.45) is 6.71. The molecule has 4 rings (SSSR count). The van der Waals surface area contributed by atoms with E-state index in [1.807, 2.05) is 38.5 Å². The fourth-order valence-electron chi connectivity index (χ4n) is 4.51. The van der Waals surface area contributed by atoms with Crippen LogP contribution in [0, 0.1) is 6.57 Å². The predicted octanol–water partition coefficient (Wildman–Crippen LogP) is 2.90. The molecule has 0 saturated heterocycles. The smallest absolute Gasteiger partial charge is 0.243 e. The molecule has 0 bridgehead atoms. The number of hydrogen-bond donors (Lipinski definition) is 1. The van der Waals surface area contributed by atoms with Crippen molar-refractivity contribution >= 4 is 27.3 Å². The molecule has 1 amide bonds. The SMILES string of the molecule is [C-]#[N+]c1ccc2c(c1)CC(N(CC(=O)NC(C)(C)C)S(=O)(=O)c1ccncc1)CN2Cc1cncn1C. The Balaban J connectivity index is 1.76. The average Bonchev–Trinajstić information content (AvgIpc) is 3.25. The number of hydrogen-bond acceptors (Lipinski definition) is 6. The van der Waals surface area contributed by atoms with Crippen LogP contribution in [0.1, 0.15) is 32.0 Å². The highest BCUT2D eigenvalue weighted by atomic mass is 32.2. The topological polar surface area (TPSA) is 105 Å². The Morgan fingerprint density at radius 3 is 2.57 bits per heavy atom. The number of carbonyl (C=O) groups is 1. The number of nitrogens with zero attached hydrogens (tertiary/aromatic N) is 6. The summed E-state index contributed by atoms with van der Waals surface area (Å²) in [7, 11) is -2.13. The minimum absolute atomic E-state index is 0.0740. The molecule has 1 aliphatic rings. The zero-order valence-corrected chi connectivity index (χ0v) is 22.2. The lowest BCUT2D eigenvalue weighted by molar-refractivity contribution is -0.123. The molecular weight excluding hydrogens is 490 g/mol. The van der Waals surface area contributed by atoms with Crippen LogP contribution >= 0.6 is 0 Å². The summed E-state index contributed by atoms with van der Waals surface area (Å²) in [5, 5.41) is 2.88. The zero-order chi connectivity index (χ0) is 26.8. The van der Waals surface area contributed by atoms with E-state index in [9.17, 15) is 13.2 Å². The van der Waals surface area contributed by atoms with Gasteiger partial charge in [0.15, 0.2) is 5.69 Å². The molecule has 194 valence electrons. The maximum absolute atomic E-state index is 13.9. The number of fused-ring (bicyclic) bond motifs is 1. The van der Waals surface area contributed by atoms with Crippen LogP contribution in [-0.2, 0) is 34.8 Å². The van der Waals surface area contributed by atoms with Crippen molar-refractivity contribution in [2.45, 2.75) is 50.2 Å². The van der Waals surface area contributed by atoms with Gasteiger partial charge in [0.05, 0.1) is 36.6 Å². The highest BCUT2D eigenvalue weighted by Crippen LogP contribution is 2.34. The van der Waals surface area contributed by atoms with Gasteiger partial charge in [0.1, 0.15) is 0 Å². The molecule has 1 N–H and O–H groups in total. The fraction of sp³-hybridized carbons (Fsp3) is 0.385. The van der Waals surface area contributed by atoms with Crippen LogP contribution in [0.15, 0.2) is 60.1 Å². The molecule has 3 aromatic rings. The van der Waals surface area contributed by atoms with Gasteiger partial charge in [-0.2, -0.15) is 4.31 Å². The minimum Gasteiger partial charge on any atom is -0.364 e. The van der Waals surface area contributed by atoms with Crippen LogP contribution in [-0.4, -0.2) is 57.8 Å². The number of rotatable bonds is 7. The third kappa shape index (κ3) is 5.98. The Morgan fingerprint density at radius 2 is 1.95 bits per heavy atom. The van der Waals surface area contributed by atoms with Gasteiger partial charge in [-0.05, 0) is 51.0 Å². The van der Waals surface area contributed by atoms with Gasteiger partial charge in [0.2, 0.25) is 15.9 Å². The lowest BCUT2D eigenvalue weighted by Crippen LogP contribution is -2.55. The van der Waals surface area contributed by atoms with Crippen LogP contribution in [0.2, 0.25) is 0 Å². The van der Waals surface area contributed by atoms with E-state index < -0.39 is 21.6 Å². The Hall–Kier alpha value is -3.75. The fourth-order valence-corrected chi connectivity index (χ4v) is 6.07. The molecule has 1 aromatic carbocycles. The van der Waals surface area contributed by atoms with Crippen molar-refractivity contribution in [3.63, 3.8) is 0 Å². The van der Waals surface area contributed by atoms with E-state index in [4.69, 9.17) is 6.57 Å². The second-order valence-corrected chi connectivity index (χ2v) is 12.1. The summed E-state index contributed by atoms with van der Waals surface area (Å²) < 4.78 is 31.0. The Kier molecular flexibility index (Phi) is 7.34. The first-order valence-corrected chi connectivity index (χ1v) is 13.4. The monoisotopic (exact) mass is 521 g/mol. The Labute approximate surface area is 217 Å². The second kappa shape index (κ2) is 10.3. The van der Waals surface area contributed by atoms with Crippen molar-refractivity contribution in [3.05, 3.63) is 77.9 Å². The van der Waals surface area contributed by atoms with Crippen molar-refractivity contribution in [2.24, 2.45) is 7.05 Å². The van der Waals surface area contributed by atoms with E-state index in [0.29, 0.717) is 25.2 Å². The van der Waals surface area contributed by atoms with Crippen molar-refractivity contribution in [2.75, 3.05) is 18.0 Å². The van der Waals surface area contributed by atoms with Gasteiger partial charge < -0.3 is 14.8 Å². The maximum Gasteiger partial charge on any atom is 0.243 e. The van der Waals surface area contributed by atoms with E-state index in [-0.39, 0.29) is 17.3 Å². The van der Waals surface area contributed by atoms with Gasteiger partial charge in [0.25, 0.3) is 0 Å². The summed E-state index contributed by atoms with van der Waals surface area (Å²) in [5.41, 5.74) is 2.71. The van der Waals surface area contributed by atoms with Crippen LogP contribution in [0.3, 0.4) is 0 Å². The average molecular weight is 522 g/mol. The number of aromatic nitrogens is 3. The largest absolute Gasteiger partial charge is 0.364 e. The molecule has 0 radical (unpaired) electrons. The number of sulfonamides is 1. The molecule has 37 heavy (non-hydrogen) atoms. The first-order chi connectivity index (χ1) is 17.5. The van der Waals surface area contributed by atoms with Crippen molar-refractivity contribution < 1.29 is 13.2 Å². The van der Waals surface area contributed by atoms with Crippen LogP contribution in [0.4, 0.5) is 11.4 Å². The molecule has 3 heterocycles. The van der Waals surface area contributed by atoms with Gasteiger partial charge >= 0.3 is 0 Å². The van der Waals surface area contributed by atoms with Crippen molar-refractivity contribution in [1.82, 2.24) is 24.2 Å². The van der Waals surface area contributed by atoms with Gasteiger partial charge in [-0.1, -0.05) is 12.1 Å². The van der Waals surface area contributed by atoms with E-state index in [1.54, 1.807) is 24.7 Å². The number of pyridine rings is 1. The van der Waals surface area contributed by atoms with Crippen molar-refractivity contribution in [1.29, 1.82) is 0 Å². The third-order valence-electron chi connectivity index (χ3n) is 6.17. The number of benzene rings is 1. The minimum atomic E-state index is -4.04. The molecule has 10 nitrogen and oxygen atoms in total. The van der Waals surface area contributed by atoms with Crippen LogP contribution < -0.4 is 10.2 Å². The highest BCUT2D eigenvalue weighted by molar-refractivity contribution is 7.89. The molecule has 0 fully saturated rings. The molecule has 1 atom stereocenters. The molecule has 11 heteroatoms. The summed E-state index contributed by atoms with van der Waals surface area (Å²) >= 11 is 0. The lowest BCUT2D eigenvalue weighted by Gasteiger charge is -2.41. The predicted molar refractivity (Wildman–Crippen MR) is 140 cm³/mol. The molecule has 0 spiro atoms. The summed E-state index contributed by atoms with van der Waals surface area (Å²) in [6, 6.07) is 7.80. The quantitative estimate of drug-likeness (QED) is 0.480. The number of aryl methyl sites for hydroxylation is 1. The molecular formula is C26H31N7O3S. The van der Waals surface area contributed by atoms with E-state index in [1.165, 1.54) is 28.8 Å². The van der Waals surface area contributed by atoms with Crippen molar-refractivity contribution in [3.8, 4) is 0 Å². The van der Waals surface area contributed by atoms with Gasteiger partial charge in [0, 0.05) is 49.5 Å². The number of amides is 1. The molecule has 1 unspecified atom stereocenters. The first-order valence-electron chi connectivity index (χ1n) is 11.9. The van der Waals surface area contributed by atoms with Crippen LogP contribution in [0.25, 0.3) is 4.85 Å². The van der Waals surface area contributed by atoms with E-state index in [0.717, 1.165) is 16.9 Å². The molecule has 0 saturated carbocycles. The number of nitrogens with one attached hydrogen (secondary N) is 1. The second-order valence-electron chi connectivity index (χ2n) is 10.2. The van der Waals surface area contributed by atoms with Gasteiger partial charge in [-0.25, -0.2) is 18.2 Å². The van der Waals surface area contributed by atoms with Gasteiger partial charge in [-0.15, -0.1) is 0 Å². The Morgan fingerprint density at radius 1 is 1.22 bits per heavy atom. The number of carbonyl (C=O) groups excluding carboxylic acids is 1. The summed E-state index contributed by atoms with van der Waals surface area (Å²) in [6.45, 7) is 13.5. The number of anilines is 1. The lowest BCUT2D eigenvalue weighted by atomic mass is 9.96. The van der Waals surface area contributed by atoms with Gasteiger partial charge in [-0.3, -0.25) is 9.78 Å². The Bertz CT molecular complexity index is 1420. The molecule has 1 aliphatic heterocycles. The zero-order valence-electron chi connectivity index (χ0n) is 21.4.